The van der Waals surface area contributed by atoms with Crippen molar-refractivity contribution in [2.75, 3.05) is 32.8 Å². The van der Waals surface area contributed by atoms with Gasteiger partial charge < -0.3 is 10.1 Å². The summed E-state index contributed by atoms with van der Waals surface area (Å²) in [6.45, 7) is 12.5. The van der Waals surface area contributed by atoms with E-state index in [1.54, 1.807) is 0 Å². The molecule has 2 rings (SSSR count). The van der Waals surface area contributed by atoms with E-state index in [1.807, 2.05) is 0 Å². The Morgan fingerprint density at radius 3 is 2.69 bits per heavy atom. The Hall–Kier alpha value is -0.120. The van der Waals surface area contributed by atoms with Gasteiger partial charge in [0.05, 0.1) is 0 Å². The first-order valence-corrected chi connectivity index (χ1v) is 6.64. The van der Waals surface area contributed by atoms with Crippen LogP contribution in [0.1, 0.15) is 33.6 Å². The number of hydrogen-bond donors (Lipinski definition) is 1. The van der Waals surface area contributed by atoms with Crippen LogP contribution in [-0.4, -0.2) is 49.8 Å². The van der Waals surface area contributed by atoms with Crippen LogP contribution in [0.5, 0.6) is 0 Å². The van der Waals surface area contributed by atoms with E-state index < -0.39 is 0 Å². The number of nitrogens with zero attached hydrogens (tertiary/aromatic N) is 1. The number of hydrogen-bond acceptors (Lipinski definition) is 3. The maximum atomic E-state index is 5.47. The molecule has 2 unspecified atom stereocenters. The first kappa shape index (κ1) is 12.3. The number of piperazine rings is 1. The third-order valence-corrected chi connectivity index (χ3v) is 4.18. The van der Waals surface area contributed by atoms with E-state index in [0.29, 0.717) is 17.5 Å². The molecule has 2 saturated heterocycles. The van der Waals surface area contributed by atoms with Gasteiger partial charge in [0.25, 0.3) is 0 Å². The lowest BCUT2D eigenvalue weighted by molar-refractivity contribution is -0.00776. The first-order chi connectivity index (χ1) is 7.59. The highest BCUT2D eigenvalue weighted by Gasteiger charge is 2.32. The molecule has 16 heavy (non-hydrogen) atoms. The molecule has 1 N–H and O–H groups in total. The van der Waals surface area contributed by atoms with Gasteiger partial charge in [-0.3, -0.25) is 4.90 Å². The number of nitrogens with one attached hydrogen (secondary N) is 1. The van der Waals surface area contributed by atoms with Crippen molar-refractivity contribution in [3.05, 3.63) is 0 Å². The third-order valence-electron chi connectivity index (χ3n) is 4.18. The molecule has 3 heteroatoms. The van der Waals surface area contributed by atoms with E-state index >= 15 is 0 Å². The summed E-state index contributed by atoms with van der Waals surface area (Å²) >= 11 is 0. The summed E-state index contributed by atoms with van der Waals surface area (Å²) in [5, 5.41) is 3.55. The van der Waals surface area contributed by atoms with E-state index in [9.17, 15) is 0 Å². The van der Waals surface area contributed by atoms with Gasteiger partial charge in [0.1, 0.15) is 0 Å². The van der Waals surface area contributed by atoms with E-state index in [0.717, 1.165) is 19.8 Å². The minimum Gasteiger partial charge on any atom is -0.381 e. The van der Waals surface area contributed by atoms with Gasteiger partial charge in [-0.15, -0.1) is 0 Å². The van der Waals surface area contributed by atoms with E-state index in [4.69, 9.17) is 4.74 Å². The Balaban J connectivity index is 1.91. The summed E-state index contributed by atoms with van der Waals surface area (Å²) < 4.78 is 5.47. The van der Waals surface area contributed by atoms with Crippen LogP contribution in [0, 0.1) is 5.41 Å². The molecule has 0 aromatic carbocycles. The molecule has 0 bridgehead atoms. The summed E-state index contributed by atoms with van der Waals surface area (Å²) in [7, 11) is 0. The molecule has 0 radical (unpaired) electrons. The van der Waals surface area contributed by atoms with Crippen LogP contribution in [0.2, 0.25) is 0 Å². The lowest BCUT2D eigenvalue weighted by Gasteiger charge is -2.44. The summed E-state index contributed by atoms with van der Waals surface area (Å²) in [6.07, 6.45) is 2.44. The molecule has 0 saturated carbocycles. The Labute approximate surface area is 99.5 Å². The maximum Gasteiger partial charge on any atom is 0.0471 e. The van der Waals surface area contributed by atoms with Crippen LogP contribution in [0.4, 0.5) is 0 Å². The van der Waals surface area contributed by atoms with Gasteiger partial charge in [-0.05, 0) is 32.1 Å². The smallest absolute Gasteiger partial charge is 0.0471 e. The van der Waals surface area contributed by atoms with Gasteiger partial charge in [-0.25, -0.2) is 0 Å². The largest absolute Gasteiger partial charge is 0.381 e. The lowest BCUT2D eigenvalue weighted by Crippen LogP contribution is -2.56. The van der Waals surface area contributed by atoms with Gasteiger partial charge in [0.2, 0.25) is 0 Å². The Morgan fingerprint density at radius 2 is 2.00 bits per heavy atom. The average molecular weight is 226 g/mol. The standard InChI is InChI=1S/C13H26N2O/c1-11-9-15(12(2)8-14-11)10-13(3)4-6-16-7-5-13/h11-12,14H,4-10H2,1-3H3. The van der Waals surface area contributed by atoms with Crippen molar-refractivity contribution in [2.45, 2.75) is 45.7 Å². The molecular weight excluding hydrogens is 200 g/mol. The fourth-order valence-corrected chi connectivity index (χ4v) is 2.83. The third kappa shape index (κ3) is 2.96. The molecule has 0 aromatic heterocycles. The first-order valence-electron chi connectivity index (χ1n) is 6.64. The Kier molecular flexibility index (Phi) is 3.88. The van der Waals surface area contributed by atoms with Crippen LogP contribution in [0.25, 0.3) is 0 Å². The fourth-order valence-electron chi connectivity index (χ4n) is 2.83. The lowest BCUT2D eigenvalue weighted by atomic mass is 9.81. The Bertz CT molecular complexity index is 226. The Morgan fingerprint density at radius 1 is 1.31 bits per heavy atom. The highest BCUT2D eigenvalue weighted by Crippen LogP contribution is 2.31. The summed E-state index contributed by atoms with van der Waals surface area (Å²) in [5.41, 5.74) is 0.476. The monoisotopic (exact) mass is 226 g/mol. The van der Waals surface area contributed by atoms with Crippen LogP contribution >= 0.6 is 0 Å². The van der Waals surface area contributed by atoms with E-state index in [1.165, 1.54) is 25.9 Å². The summed E-state index contributed by atoms with van der Waals surface area (Å²) in [5.74, 6) is 0. The minimum absolute atomic E-state index is 0.476. The second kappa shape index (κ2) is 5.03. The fraction of sp³-hybridized carbons (Fsp3) is 1.00. The molecule has 2 aliphatic rings. The summed E-state index contributed by atoms with van der Waals surface area (Å²) in [6, 6.07) is 1.32. The van der Waals surface area contributed by atoms with Crippen molar-refractivity contribution in [1.82, 2.24) is 10.2 Å². The number of ether oxygens (including phenoxy) is 1. The van der Waals surface area contributed by atoms with Crippen molar-refractivity contribution < 1.29 is 4.74 Å². The topological polar surface area (TPSA) is 24.5 Å². The van der Waals surface area contributed by atoms with Crippen molar-refractivity contribution in [3.63, 3.8) is 0 Å². The molecule has 2 atom stereocenters. The molecule has 0 aliphatic carbocycles. The molecular formula is C13H26N2O. The predicted molar refractivity (Wildman–Crippen MR) is 66.7 cm³/mol. The van der Waals surface area contributed by atoms with E-state index in [-0.39, 0.29) is 0 Å². The average Bonchev–Trinajstić information content (AvgIpc) is 2.24. The van der Waals surface area contributed by atoms with Gasteiger partial charge in [-0.1, -0.05) is 6.92 Å². The molecule has 0 amide bonds. The zero-order valence-electron chi connectivity index (χ0n) is 11.0. The van der Waals surface area contributed by atoms with Crippen LogP contribution in [0.3, 0.4) is 0 Å². The normalized spacial score (nSPS) is 36.2. The SMILES string of the molecule is CC1CN(CC2(C)CCOCC2)C(C)CN1. The van der Waals surface area contributed by atoms with Crippen LogP contribution in [0.15, 0.2) is 0 Å². The highest BCUT2D eigenvalue weighted by molar-refractivity contribution is 4.87. The van der Waals surface area contributed by atoms with Crippen molar-refractivity contribution in [1.29, 1.82) is 0 Å². The quantitative estimate of drug-likeness (QED) is 0.772. The van der Waals surface area contributed by atoms with Gasteiger partial charge in [0, 0.05) is 44.9 Å². The van der Waals surface area contributed by atoms with Crippen molar-refractivity contribution >= 4 is 0 Å². The molecule has 2 fully saturated rings. The zero-order valence-corrected chi connectivity index (χ0v) is 11.0. The molecule has 94 valence electrons. The second-order valence-electron chi connectivity index (χ2n) is 6.01. The van der Waals surface area contributed by atoms with Gasteiger partial charge in [-0.2, -0.15) is 0 Å². The van der Waals surface area contributed by atoms with Gasteiger partial charge >= 0.3 is 0 Å². The van der Waals surface area contributed by atoms with Crippen LogP contribution in [-0.2, 0) is 4.74 Å². The highest BCUT2D eigenvalue weighted by atomic mass is 16.5. The molecule has 2 heterocycles. The van der Waals surface area contributed by atoms with Crippen molar-refractivity contribution in [2.24, 2.45) is 5.41 Å². The molecule has 0 spiro atoms. The summed E-state index contributed by atoms with van der Waals surface area (Å²) in [4.78, 5) is 2.66. The minimum atomic E-state index is 0.476. The van der Waals surface area contributed by atoms with Crippen LogP contribution < -0.4 is 5.32 Å². The number of rotatable bonds is 2. The molecule has 2 aliphatic heterocycles. The molecule has 0 aromatic rings. The van der Waals surface area contributed by atoms with E-state index in [2.05, 4.69) is 31.0 Å². The van der Waals surface area contributed by atoms with Gasteiger partial charge in [0.15, 0.2) is 0 Å². The molecule has 3 nitrogen and oxygen atoms in total. The second-order valence-corrected chi connectivity index (χ2v) is 6.01. The maximum absolute atomic E-state index is 5.47. The predicted octanol–water partition coefficient (Wildman–Crippen LogP) is 1.49. The van der Waals surface area contributed by atoms with Crippen molar-refractivity contribution in [3.8, 4) is 0 Å². The zero-order chi connectivity index (χ0) is 11.6.